The van der Waals surface area contributed by atoms with Gasteiger partial charge in [-0.05, 0) is 36.4 Å². The second-order valence-corrected chi connectivity index (χ2v) is 5.76. The van der Waals surface area contributed by atoms with Crippen molar-refractivity contribution in [2.75, 3.05) is 11.1 Å². The molecule has 0 aliphatic heterocycles. The van der Waals surface area contributed by atoms with Crippen LogP contribution in [-0.4, -0.2) is 22.7 Å². The number of carbonyl (C=O) groups excluding carboxylic acids is 1. The van der Waals surface area contributed by atoms with E-state index in [1.165, 1.54) is 30.3 Å². The van der Waals surface area contributed by atoms with Gasteiger partial charge in [0.25, 0.3) is 0 Å². The van der Waals surface area contributed by atoms with E-state index in [-0.39, 0.29) is 17.0 Å². The van der Waals surface area contributed by atoms with Gasteiger partial charge in [0.2, 0.25) is 5.91 Å². The van der Waals surface area contributed by atoms with Crippen molar-refractivity contribution in [3.63, 3.8) is 0 Å². The molecular formula is C16H12F3NO3S. The number of hydrogen-bond donors (Lipinski definition) is 2. The lowest BCUT2D eigenvalue weighted by Crippen LogP contribution is -2.16. The second kappa shape index (κ2) is 7.39. The molecule has 1 amide bonds. The number of nitrogens with one attached hydrogen (secondary N) is 1. The quantitative estimate of drug-likeness (QED) is 0.792. The highest BCUT2D eigenvalue weighted by Crippen LogP contribution is 2.30. The highest BCUT2D eigenvalue weighted by atomic mass is 32.2. The lowest BCUT2D eigenvalue weighted by molar-refractivity contribution is -0.137. The number of para-hydroxylation sites is 1. The van der Waals surface area contributed by atoms with Crippen molar-refractivity contribution in [3.05, 3.63) is 59.7 Å². The summed E-state index contributed by atoms with van der Waals surface area (Å²) in [4.78, 5) is 23.4. The molecule has 24 heavy (non-hydrogen) atoms. The van der Waals surface area contributed by atoms with Crippen LogP contribution >= 0.6 is 11.8 Å². The molecule has 0 fully saturated rings. The van der Waals surface area contributed by atoms with E-state index in [1.807, 2.05) is 0 Å². The van der Waals surface area contributed by atoms with Crippen molar-refractivity contribution in [1.29, 1.82) is 0 Å². The van der Waals surface area contributed by atoms with Gasteiger partial charge in [0.1, 0.15) is 0 Å². The van der Waals surface area contributed by atoms with E-state index >= 15 is 0 Å². The van der Waals surface area contributed by atoms with E-state index in [1.54, 1.807) is 6.07 Å². The number of amides is 1. The molecule has 8 heteroatoms. The summed E-state index contributed by atoms with van der Waals surface area (Å²) in [6.07, 6.45) is -4.40. The maximum Gasteiger partial charge on any atom is 0.416 e. The van der Waals surface area contributed by atoms with Crippen LogP contribution in [-0.2, 0) is 11.0 Å². The minimum Gasteiger partial charge on any atom is -0.478 e. The first-order valence-corrected chi connectivity index (χ1v) is 7.68. The van der Waals surface area contributed by atoms with Crippen LogP contribution < -0.4 is 5.32 Å². The van der Waals surface area contributed by atoms with Crippen LogP contribution in [0.15, 0.2) is 53.4 Å². The van der Waals surface area contributed by atoms with E-state index in [0.717, 1.165) is 23.9 Å². The average molecular weight is 355 g/mol. The molecule has 0 aliphatic carbocycles. The Balaban J connectivity index is 1.96. The number of carboxylic acid groups (broad SMARTS) is 1. The lowest BCUT2D eigenvalue weighted by Gasteiger charge is -2.09. The second-order valence-electron chi connectivity index (χ2n) is 4.71. The fourth-order valence-corrected chi connectivity index (χ4v) is 2.55. The average Bonchev–Trinajstić information content (AvgIpc) is 2.53. The number of carboxylic acids is 1. The Morgan fingerprint density at radius 3 is 2.25 bits per heavy atom. The van der Waals surface area contributed by atoms with Gasteiger partial charge >= 0.3 is 12.1 Å². The molecule has 2 N–H and O–H groups in total. The van der Waals surface area contributed by atoms with Crippen molar-refractivity contribution in [2.45, 2.75) is 11.1 Å². The van der Waals surface area contributed by atoms with E-state index < -0.39 is 23.6 Å². The predicted octanol–water partition coefficient (Wildman–Crippen LogP) is 4.13. The summed E-state index contributed by atoms with van der Waals surface area (Å²) in [6, 6.07) is 10.4. The van der Waals surface area contributed by atoms with Crippen LogP contribution in [0.1, 0.15) is 15.9 Å². The third-order valence-corrected chi connectivity index (χ3v) is 4.00. The Kier molecular flexibility index (Phi) is 5.50. The van der Waals surface area contributed by atoms with Crippen molar-refractivity contribution < 1.29 is 27.9 Å². The fraction of sp³-hybridized carbons (Fsp3) is 0.125. The van der Waals surface area contributed by atoms with Gasteiger partial charge in [0.05, 0.1) is 22.6 Å². The molecule has 2 aromatic carbocycles. The number of anilines is 1. The molecular weight excluding hydrogens is 343 g/mol. The Morgan fingerprint density at radius 1 is 1.04 bits per heavy atom. The summed E-state index contributed by atoms with van der Waals surface area (Å²) < 4.78 is 37.4. The zero-order valence-corrected chi connectivity index (χ0v) is 12.9. The minimum absolute atomic E-state index is 0.0367. The summed E-state index contributed by atoms with van der Waals surface area (Å²) in [5.74, 6) is -1.67. The zero-order valence-electron chi connectivity index (χ0n) is 12.1. The molecule has 2 rings (SSSR count). The van der Waals surface area contributed by atoms with Crippen LogP contribution in [0.5, 0.6) is 0 Å². The van der Waals surface area contributed by atoms with Crippen molar-refractivity contribution >= 4 is 29.3 Å². The molecule has 0 radical (unpaired) electrons. The number of carbonyl (C=O) groups is 2. The molecule has 0 atom stereocenters. The van der Waals surface area contributed by atoms with E-state index in [2.05, 4.69) is 5.32 Å². The van der Waals surface area contributed by atoms with Crippen LogP contribution in [0.25, 0.3) is 0 Å². The van der Waals surface area contributed by atoms with Crippen molar-refractivity contribution in [3.8, 4) is 0 Å². The molecule has 0 spiro atoms. The highest BCUT2D eigenvalue weighted by Gasteiger charge is 2.29. The molecule has 0 heterocycles. The van der Waals surface area contributed by atoms with Gasteiger partial charge in [-0.15, -0.1) is 11.8 Å². The van der Waals surface area contributed by atoms with E-state index in [4.69, 9.17) is 5.11 Å². The van der Waals surface area contributed by atoms with Gasteiger partial charge < -0.3 is 10.4 Å². The Morgan fingerprint density at radius 2 is 1.67 bits per heavy atom. The largest absolute Gasteiger partial charge is 0.478 e. The molecule has 0 saturated carbocycles. The summed E-state index contributed by atoms with van der Waals surface area (Å²) in [7, 11) is 0. The maximum atomic E-state index is 12.5. The minimum atomic E-state index is -4.40. The number of aromatic carboxylic acids is 1. The zero-order chi connectivity index (χ0) is 17.7. The molecule has 4 nitrogen and oxygen atoms in total. The summed E-state index contributed by atoms with van der Waals surface area (Å²) >= 11 is 1.05. The summed E-state index contributed by atoms with van der Waals surface area (Å²) in [5.41, 5.74) is -0.625. The molecule has 0 aliphatic rings. The van der Waals surface area contributed by atoms with Gasteiger partial charge in [-0.25, -0.2) is 4.79 Å². The van der Waals surface area contributed by atoms with Gasteiger partial charge in [-0.2, -0.15) is 13.2 Å². The monoisotopic (exact) mass is 355 g/mol. The first kappa shape index (κ1) is 17.9. The normalized spacial score (nSPS) is 11.1. The van der Waals surface area contributed by atoms with E-state index in [0.29, 0.717) is 4.90 Å². The topological polar surface area (TPSA) is 66.4 Å². The first-order chi connectivity index (χ1) is 11.3. The third kappa shape index (κ3) is 4.76. The first-order valence-electron chi connectivity index (χ1n) is 6.69. The molecule has 0 bridgehead atoms. The molecule has 0 unspecified atom stereocenters. The summed E-state index contributed by atoms with van der Waals surface area (Å²) in [5, 5.41) is 11.5. The standard InChI is InChI=1S/C16H12F3NO3S/c17-16(18,19)10-5-7-11(8-6-10)24-9-14(21)20-13-4-2-1-3-12(13)15(22)23/h1-8H,9H2,(H,20,21)(H,22,23). The van der Waals surface area contributed by atoms with Gasteiger partial charge in [-0.3, -0.25) is 4.79 Å². The predicted molar refractivity (Wildman–Crippen MR) is 84.2 cm³/mol. The highest BCUT2D eigenvalue weighted by molar-refractivity contribution is 8.00. The number of hydrogen-bond acceptors (Lipinski definition) is 3. The van der Waals surface area contributed by atoms with Crippen LogP contribution in [0.4, 0.5) is 18.9 Å². The van der Waals surface area contributed by atoms with Gasteiger partial charge in [0, 0.05) is 4.90 Å². The van der Waals surface area contributed by atoms with Gasteiger partial charge in [-0.1, -0.05) is 12.1 Å². The Labute approximate surface area is 139 Å². The number of rotatable bonds is 5. The molecule has 0 aromatic heterocycles. The third-order valence-electron chi connectivity index (χ3n) is 2.98. The smallest absolute Gasteiger partial charge is 0.416 e. The fourth-order valence-electron chi connectivity index (χ4n) is 1.85. The van der Waals surface area contributed by atoms with Crippen LogP contribution in [0.3, 0.4) is 0 Å². The van der Waals surface area contributed by atoms with E-state index in [9.17, 15) is 22.8 Å². The lowest BCUT2D eigenvalue weighted by atomic mass is 10.2. The number of benzene rings is 2. The van der Waals surface area contributed by atoms with Crippen LogP contribution in [0, 0.1) is 0 Å². The number of thioether (sulfide) groups is 1. The molecule has 0 saturated heterocycles. The number of alkyl halides is 3. The molecule has 2 aromatic rings. The Hall–Kier alpha value is -2.48. The van der Waals surface area contributed by atoms with Crippen molar-refractivity contribution in [1.82, 2.24) is 0 Å². The van der Waals surface area contributed by atoms with Gasteiger partial charge in [0.15, 0.2) is 0 Å². The van der Waals surface area contributed by atoms with Crippen molar-refractivity contribution in [2.24, 2.45) is 0 Å². The SMILES string of the molecule is O=C(CSc1ccc(C(F)(F)F)cc1)Nc1ccccc1C(=O)O. The number of halogens is 3. The summed E-state index contributed by atoms with van der Waals surface area (Å²) in [6.45, 7) is 0. The molecule has 126 valence electrons. The Bertz CT molecular complexity index is 745. The van der Waals surface area contributed by atoms with Crippen LogP contribution in [0.2, 0.25) is 0 Å². The maximum absolute atomic E-state index is 12.5.